The molecule has 0 unspecified atom stereocenters. The molecule has 0 spiro atoms. The predicted octanol–water partition coefficient (Wildman–Crippen LogP) is 1.86. The number of ether oxygens (including phenoxy) is 2. The fourth-order valence-corrected chi connectivity index (χ4v) is 4.45. The molecule has 2 aromatic rings. The predicted molar refractivity (Wildman–Crippen MR) is 111 cm³/mol. The molecule has 0 radical (unpaired) electrons. The van der Waals surface area contributed by atoms with Gasteiger partial charge in [-0.15, -0.1) is 0 Å². The fourth-order valence-electron chi connectivity index (χ4n) is 4.45. The molecule has 1 aromatic carbocycles. The lowest BCUT2D eigenvalue weighted by atomic mass is 9.91. The van der Waals surface area contributed by atoms with Crippen LogP contribution in [-0.4, -0.2) is 60.2 Å². The van der Waals surface area contributed by atoms with Crippen LogP contribution in [0.15, 0.2) is 47.4 Å². The van der Waals surface area contributed by atoms with Crippen LogP contribution in [0.5, 0.6) is 5.75 Å². The largest absolute Gasteiger partial charge is 0.502 e. The highest BCUT2D eigenvalue weighted by atomic mass is 16.5. The summed E-state index contributed by atoms with van der Waals surface area (Å²) in [5.41, 5.74) is 0.468. The smallest absolute Gasteiger partial charge is 0.277 e. The van der Waals surface area contributed by atoms with Crippen molar-refractivity contribution in [3.8, 4) is 5.75 Å². The molecule has 8 nitrogen and oxygen atoms in total. The number of carbonyl (C=O) groups excluding carboxylic acids is 1. The summed E-state index contributed by atoms with van der Waals surface area (Å²) in [6.07, 6.45) is 3.53. The summed E-state index contributed by atoms with van der Waals surface area (Å²) in [4.78, 5) is 26.6. The van der Waals surface area contributed by atoms with Crippen LogP contribution in [0.4, 0.5) is 0 Å². The number of pyridine rings is 1. The van der Waals surface area contributed by atoms with Gasteiger partial charge in [0.1, 0.15) is 6.17 Å². The summed E-state index contributed by atoms with van der Waals surface area (Å²) >= 11 is 0. The number of aromatic nitrogens is 1. The minimum Gasteiger partial charge on any atom is -0.502 e. The number of nitrogens with zero attached hydrogens (tertiary/aromatic N) is 3. The number of fused-ring (bicyclic) bond motifs is 3. The first-order valence-corrected chi connectivity index (χ1v) is 10.2. The minimum absolute atomic E-state index is 0.0118. The van der Waals surface area contributed by atoms with Crippen molar-refractivity contribution in [1.29, 1.82) is 0 Å². The van der Waals surface area contributed by atoms with Crippen molar-refractivity contribution in [3.05, 3.63) is 64.1 Å². The van der Waals surface area contributed by atoms with Gasteiger partial charge < -0.3 is 19.5 Å². The van der Waals surface area contributed by atoms with E-state index in [4.69, 9.17) is 9.47 Å². The van der Waals surface area contributed by atoms with E-state index in [0.717, 1.165) is 18.4 Å². The van der Waals surface area contributed by atoms with Crippen LogP contribution in [0.25, 0.3) is 0 Å². The molecule has 2 aliphatic heterocycles. The third kappa shape index (κ3) is 3.46. The van der Waals surface area contributed by atoms with Crippen LogP contribution in [0.3, 0.4) is 0 Å². The number of rotatable bonds is 6. The summed E-state index contributed by atoms with van der Waals surface area (Å²) in [7, 11) is 3.38. The lowest BCUT2D eigenvalue weighted by Gasteiger charge is -2.53. The Hall–Kier alpha value is -2.84. The molecule has 1 fully saturated rings. The van der Waals surface area contributed by atoms with E-state index in [1.165, 1.54) is 6.07 Å². The standard InChI is InChI=1S/C22H27N3O5/c1-23-18-10-9-17(30-14-6-13-29-2)19(15-7-4-3-5-8-15)25(18)24-12-11-16(26)21(27)20(24)22(23)28/h3-5,7-8,11-12,17-19,27H,6,9-10,13-14H2,1-2H3/t17-,18+,19-/m1/s1. The topological polar surface area (TPSA) is 84.2 Å². The van der Waals surface area contributed by atoms with E-state index < -0.39 is 11.2 Å². The molecule has 160 valence electrons. The lowest BCUT2D eigenvalue weighted by Crippen LogP contribution is -2.65. The first-order valence-electron chi connectivity index (χ1n) is 10.2. The van der Waals surface area contributed by atoms with Gasteiger partial charge in [0.15, 0.2) is 11.4 Å². The van der Waals surface area contributed by atoms with Gasteiger partial charge in [0.05, 0.1) is 12.1 Å². The SMILES string of the molecule is COCCCO[C@@H]1CC[C@H]2N(C)C(=O)c3c(O)c(=O)ccn3N2[C@@H]1c1ccccc1. The second kappa shape index (κ2) is 8.49. The molecule has 3 heterocycles. The van der Waals surface area contributed by atoms with Crippen LogP contribution in [0.2, 0.25) is 0 Å². The van der Waals surface area contributed by atoms with Gasteiger partial charge in [-0.05, 0) is 24.8 Å². The maximum atomic E-state index is 12.9. The fraction of sp³-hybridized carbons (Fsp3) is 0.455. The summed E-state index contributed by atoms with van der Waals surface area (Å²) in [6.45, 7) is 1.20. The number of hydrogen-bond acceptors (Lipinski definition) is 6. The molecule has 1 amide bonds. The van der Waals surface area contributed by atoms with E-state index >= 15 is 0 Å². The highest BCUT2D eigenvalue weighted by Gasteiger charge is 2.46. The van der Waals surface area contributed by atoms with E-state index in [1.807, 2.05) is 30.3 Å². The van der Waals surface area contributed by atoms with Gasteiger partial charge >= 0.3 is 0 Å². The van der Waals surface area contributed by atoms with Gasteiger partial charge in [0, 0.05) is 39.6 Å². The number of piperidine rings is 1. The Bertz CT molecular complexity index is 961. The van der Waals surface area contributed by atoms with E-state index in [0.29, 0.717) is 19.6 Å². The molecule has 8 heteroatoms. The van der Waals surface area contributed by atoms with Gasteiger partial charge in [-0.25, -0.2) is 0 Å². The van der Waals surface area contributed by atoms with Crippen molar-refractivity contribution in [2.45, 2.75) is 37.6 Å². The van der Waals surface area contributed by atoms with Gasteiger partial charge in [0.25, 0.3) is 5.91 Å². The zero-order chi connectivity index (χ0) is 21.3. The van der Waals surface area contributed by atoms with Crippen molar-refractivity contribution in [2.75, 3.05) is 32.4 Å². The Balaban J connectivity index is 1.79. The van der Waals surface area contributed by atoms with E-state index in [1.54, 1.807) is 29.9 Å². The highest BCUT2D eigenvalue weighted by molar-refractivity contribution is 5.96. The molecular formula is C22H27N3O5. The maximum Gasteiger partial charge on any atom is 0.277 e. The number of aromatic hydroxyl groups is 1. The quantitative estimate of drug-likeness (QED) is 0.728. The summed E-state index contributed by atoms with van der Waals surface area (Å²) in [5, 5.41) is 12.4. The summed E-state index contributed by atoms with van der Waals surface area (Å²) in [5.74, 6) is -0.888. The maximum absolute atomic E-state index is 12.9. The normalized spacial score (nSPS) is 23.3. The van der Waals surface area contributed by atoms with Gasteiger partial charge in [-0.2, -0.15) is 0 Å². The van der Waals surface area contributed by atoms with Crippen LogP contribution in [0, 0.1) is 0 Å². The first-order chi connectivity index (χ1) is 14.5. The van der Waals surface area contributed by atoms with Crippen molar-refractivity contribution in [3.63, 3.8) is 0 Å². The molecular weight excluding hydrogens is 386 g/mol. The van der Waals surface area contributed by atoms with Gasteiger partial charge in [-0.3, -0.25) is 19.3 Å². The zero-order valence-electron chi connectivity index (χ0n) is 17.2. The molecule has 1 aromatic heterocycles. The zero-order valence-corrected chi connectivity index (χ0v) is 17.2. The number of amides is 1. The average molecular weight is 413 g/mol. The lowest BCUT2D eigenvalue weighted by molar-refractivity contribution is -0.0236. The Kier molecular flexibility index (Phi) is 5.78. The monoisotopic (exact) mass is 413 g/mol. The number of hydrogen-bond donors (Lipinski definition) is 1. The number of methoxy groups -OCH3 is 1. The third-order valence-electron chi connectivity index (χ3n) is 5.89. The Labute approximate surface area is 175 Å². The Morgan fingerprint density at radius 1 is 1.10 bits per heavy atom. The number of carbonyl (C=O) groups is 1. The molecule has 0 aliphatic carbocycles. The molecule has 3 atom stereocenters. The molecule has 1 N–H and O–H groups in total. The molecule has 4 rings (SSSR count). The third-order valence-corrected chi connectivity index (χ3v) is 5.89. The van der Waals surface area contributed by atoms with Gasteiger partial charge in [-0.1, -0.05) is 30.3 Å². The second-order valence-corrected chi connectivity index (χ2v) is 7.69. The van der Waals surface area contributed by atoms with E-state index in [2.05, 4.69) is 5.01 Å². The molecule has 1 saturated heterocycles. The van der Waals surface area contributed by atoms with Crippen LogP contribution in [-0.2, 0) is 9.47 Å². The Morgan fingerprint density at radius 2 is 1.87 bits per heavy atom. The highest BCUT2D eigenvalue weighted by Crippen LogP contribution is 2.39. The Morgan fingerprint density at radius 3 is 2.60 bits per heavy atom. The molecule has 30 heavy (non-hydrogen) atoms. The summed E-state index contributed by atoms with van der Waals surface area (Å²) in [6, 6.07) is 11.1. The van der Waals surface area contributed by atoms with Crippen LogP contribution >= 0.6 is 0 Å². The summed E-state index contributed by atoms with van der Waals surface area (Å²) < 4.78 is 13.0. The van der Waals surface area contributed by atoms with Crippen molar-refractivity contribution in [2.24, 2.45) is 0 Å². The molecule has 0 saturated carbocycles. The van der Waals surface area contributed by atoms with Crippen molar-refractivity contribution >= 4 is 5.91 Å². The second-order valence-electron chi connectivity index (χ2n) is 7.69. The van der Waals surface area contributed by atoms with Crippen molar-refractivity contribution < 1.29 is 19.4 Å². The van der Waals surface area contributed by atoms with Crippen molar-refractivity contribution in [1.82, 2.24) is 9.58 Å². The van der Waals surface area contributed by atoms with E-state index in [-0.39, 0.29) is 29.9 Å². The minimum atomic E-state index is -0.568. The number of benzene rings is 1. The molecule has 0 bridgehead atoms. The first kappa shape index (κ1) is 20.4. The average Bonchev–Trinajstić information content (AvgIpc) is 2.77. The molecule has 2 aliphatic rings. The van der Waals surface area contributed by atoms with Gasteiger partial charge in [0.2, 0.25) is 5.43 Å². The van der Waals surface area contributed by atoms with Crippen LogP contribution < -0.4 is 10.4 Å². The van der Waals surface area contributed by atoms with Crippen LogP contribution in [0.1, 0.15) is 41.4 Å². The van der Waals surface area contributed by atoms with E-state index in [9.17, 15) is 14.7 Å².